The van der Waals surface area contributed by atoms with Crippen LogP contribution in [0.25, 0.3) is 0 Å². The zero-order chi connectivity index (χ0) is 10.7. The van der Waals surface area contributed by atoms with Crippen LogP contribution in [0.1, 0.15) is 15.2 Å². The van der Waals surface area contributed by atoms with Crippen LogP contribution in [0.5, 0.6) is 0 Å². The zero-order valence-electron chi connectivity index (χ0n) is 7.24. The van der Waals surface area contributed by atoms with Crippen molar-refractivity contribution >= 4 is 28.7 Å². The van der Waals surface area contributed by atoms with Crippen LogP contribution in [0.4, 0.5) is 0 Å². The van der Waals surface area contributed by atoms with Gasteiger partial charge in [0.2, 0.25) is 5.78 Å². The van der Waals surface area contributed by atoms with Crippen LogP contribution in [0.2, 0.25) is 5.02 Å². The number of hydrogen-bond acceptors (Lipinski definition) is 4. The number of hydrogen-bond donors (Lipinski definition) is 0. The fourth-order valence-electron chi connectivity index (χ4n) is 0.873. The highest BCUT2D eigenvalue weighted by Gasteiger charge is 2.23. The number of carbonyl (C=O) groups is 1. The molecule has 14 heavy (non-hydrogen) atoms. The molecule has 1 rings (SSSR count). The molecule has 0 aliphatic carbocycles. The second-order valence-corrected chi connectivity index (χ2v) is 3.87. The smallest absolute Gasteiger partial charge is 0.205 e. The Labute approximate surface area is 90.1 Å². The van der Waals surface area contributed by atoms with Crippen molar-refractivity contribution in [2.45, 2.75) is 6.92 Å². The maximum Gasteiger partial charge on any atom is 0.205 e. The van der Waals surface area contributed by atoms with Crippen molar-refractivity contribution in [1.29, 1.82) is 10.5 Å². The van der Waals surface area contributed by atoms with Crippen molar-refractivity contribution in [3.05, 3.63) is 20.8 Å². The largest absolute Gasteiger partial charge is 0.291 e. The minimum absolute atomic E-state index is 0.289. The lowest BCUT2D eigenvalue weighted by Gasteiger charge is -1.96. The van der Waals surface area contributed by atoms with E-state index in [-0.39, 0.29) is 4.88 Å². The van der Waals surface area contributed by atoms with Crippen LogP contribution in [-0.2, 0) is 0 Å². The molecule has 3 nitrogen and oxygen atoms in total. The molecule has 1 aromatic heterocycles. The van der Waals surface area contributed by atoms with Gasteiger partial charge in [0, 0.05) is 0 Å². The van der Waals surface area contributed by atoms with Crippen molar-refractivity contribution in [3.8, 4) is 12.1 Å². The quantitative estimate of drug-likeness (QED) is 0.726. The minimum Gasteiger partial charge on any atom is -0.291 e. The number of thiophene rings is 1. The van der Waals surface area contributed by atoms with E-state index in [1.54, 1.807) is 24.4 Å². The maximum atomic E-state index is 11.5. The third-order valence-electron chi connectivity index (χ3n) is 1.64. The molecule has 0 atom stereocenters. The van der Waals surface area contributed by atoms with Crippen LogP contribution in [-0.4, -0.2) is 5.78 Å². The predicted molar refractivity (Wildman–Crippen MR) is 53.1 cm³/mol. The van der Waals surface area contributed by atoms with Gasteiger partial charge in [0.15, 0.2) is 5.92 Å². The number of aryl methyl sites for hydroxylation is 1. The maximum absolute atomic E-state index is 11.5. The molecule has 0 N–H and O–H groups in total. The predicted octanol–water partition coefficient (Wildman–Crippen LogP) is 2.56. The lowest BCUT2D eigenvalue weighted by molar-refractivity contribution is 0.0975. The Morgan fingerprint density at radius 2 is 2.14 bits per heavy atom. The molecule has 0 unspecified atom stereocenters. The van der Waals surface area contributed by atoms with Crippen molar-refractivity contribution in [2.75, 3.05) is 0 Å². The number of rotatable bonds is 2. The highest BCUT2D eigenvalue weighted by molar-refractivity contribution is 7.13. The van der Waals surface area contributed by atoms with Crippen molar-refractivity contribution in [3.63, 3.8) is 0 Å². The van der Waals surface area contributed by atoms with Gasteiger partial charge in [-0.3, -0.25) is 4.79 Å². The Balaban J connectivity index is 3.09. The van der Waals surface area contributed by atoms with Gasteiger partial charge in [-0.15, -0.1) is 11.3 Å². The molecule has 0 aliphatic heterocycles. The first-order valence-corrected chi connectivity index (χ1v) is 4.94. The molecule has 0 saturated carbocycles. The molecular formula is C9H5ClN2OS. The summed E-state index contributed by atoms with van der Waals surface area (Å²) in [7, 11) is 0. The van der Waals surface area contributed by atoms with Gasteiger partial charge in [-0.05, 0) is 17.9 Å². The van der Waals surface area contributed by atoms with Crippen LogP contribution < -0.4 is 0 Å². The summed E-state index contributed by atoms with van der Waals surface area (Å²) in [5, 5.41) is 19.1. The van der Waals surface area contributed by atoms with E-state index in [1.165, 1.54) is 0 Å². The van der Waals surface area contributed by atoms with Gasteiger partial charge < -0.3 is 0 Å². The second kappa shape index (κ2) is 4.23. The SMILES string of the molecule is Cc1csc(C(=O)C(C#N)C#N)c1Cl. The number of Topliss-reactive ketones (excluding diaryl/α,β-unsaturated/α-hetero) is 1. The zero-order valence-corrected chi connectivity index (χ0v) is 8.82. The third-order valence-corrected chi connectivity index (χ3v) is 3.35. The molecule has 1 heterocycles. The van der Waals surface area contributed by atoms with E-state index >= 15 is 0 Å². The van der Waals surface area contributed by atoms with Crippen molar-refractivity contribution in [2.24, 2.45) is 5.92 Å². The summed E-state index contributed by atoms with van der Waals surface area (Å²) in [5.41, 5.74) is 0.787. The summed E-state index contributed by atoms with van der Waals surface area (Å²) in [5.74, 6) is -1.77. The molecule has 0 bridgehead atoms. The molecule has 1 aromatic rings. The van der Waals surface area contributed by atoms with E-state index in [0.717, 1.165) is 16.9 Å². The molecular weight excluding hydrogens is 220 g/mol. The molecule has 5 heteroatoms. The van der Waals surface area contributed by atoms with Crippen molar-refractivity contribution < 1.29 is 4.79 Å². The lowest BCUT2D eigenvalue weighted by atomic mass is 10.1. The topological polar surface area (TPSA) is 64.7 Å². The lowest BCUT2D eigenvalue weighted by Crippen LogP contribution is -2.09. The van der Waals surface area contributed by atoms with E-state index in [1.807, 2.05) is 0 Å². The third kappa shape index (κ3) is 1.77. The summed E-state index contributed by atoms with van der Waals surface area (Å²) in [6.07, 6.45) is 0. The normalized spacial score (nSPS) is 9.50. The van der Waals surface area contributed by atoms with Gasteiger partial charge in [0.25, 0.3) is 0 Å². The van der Waals surface area contributed by atoms with Crippen LogP contribution in [0.3, 0.4) is 0 Å². The Kier molecular flexibility index (Phi) is 3.24. The minimum atomic E-state index is -1.26. The highest BCUT2D eigenvalue weighted by Crippen LogP contribution is 2.29. The number of carbonyl (C=O) groups excluding carboxylic acids is 1. The van der Waals surface area contributed by atoms with Gasteiger partial charge in [-0.25, -0.2) is 0 Å². The van der Waals surface area contributed by atoms with Gasteiger partial charge in [-0.1, -0.05) is 11.6 Å². The standard InChI is InChI=1S/C9H5ClN2OS/c1-5-4-14-9(7(5)10)8(13)6(2-11)3-12/h4,6H,1H3. The molecule has 0 aromatic carbocycles. The Bertz CT molecular complexity index is 438. The molecule has 0 radical (unpaired) electrons. The average Bonchev–Trinajstić information content (AvgIpc) is 2.49. The number of ketones is 1. The van der Waals surface area contributed by atoms with Crippen LogP contribution in [0.15, 0.2) is 5.38 Å². The van der Waals surface area contributed by atoms with Gasteiger partial charge in [-0.2, -0.15) is 10.5 Å². The first kappa shape index (κ1) is 10.7. The molecule has 70 valence electrons. The second-order valence-electron chi connectivity index (χ2n) is 2.62. The summed E-state index contributed by atoms with van der Waals surface area (Å²) in [4.78, 5) is 11.8. The van der Waals surface area contributed by atoms with Gasteiger partial charge in [0.1, 0.15) is 0 Å². The molecule has 0 saturated heterocycles. The average molecular weight is 225 g/mol. The van der Waals surface area contributed by atoms with Gasteiger partial charge in [0.05, 0.1) is 22.0 Å². The summed E-state index contributed by atoms with van der Waals surface area (Å²) in [6.45, 7) is 1.77. The molecule has 0 fully saturated rings. The van der Waals surface area contributed by atoms with Crippen LogP contribution in [0, 0.1) is 35.5 Å². The first-order chi connectivity index (χ1) is 6.61. The Hall–Kier alpha value is -1.36. The van der Waals surface area contributed by atoms with Crippen LogP contribution >= 0.6 is 22.9 Å². The highest BCUT2D eigenvalue weighted by atomic mass is 35.5. The molecule has 0 amide bonds. The van der Waals surface area contributed by atoms with E-state index in [2.05, 4.69) is 0 Å². The van der Waals surface area contributed by atoms with Crippen molar-refractivity contribution in [1.82, 2.24) is 0 Å². The van der Waals surface area contributed by atoms with E-state index in [4.69, 9.17) is 22.1 Å². The fraction of sp³-hybridized carbons (Fsp3) is 0.222. The summed E-state index contributed by atoms with van der Waals surface area (Å²) < 4.78 is 0. The summed E-state index contributed by atoms with van der Waals surface area (Å²) >= 11 is 6.99. The van der Waals surface area contributed by atoms with E-state index < -0.39 is 11.7 Å². The number of nitriles is 2. The number of halogens is 1. The Morgan fingerprint density at radius 1 is 1.57 bits per heavy atom. The summed E-state index contributed by atoms with van der Waals surface area (Å²) in [6, 6.07) is 3.25. The van der Waals surface area contributed by atoms with E-state index in [9.17, 15) is 4.79 Å². The first-order valence-electron chi connectivity index (χ1n) is 3.68. The fourth-order valence-corrected chi connectivity index (χ4v) is 2.13. The molecule has 0 aliphatic rings. The van der Waals surface area contributed by atoms with E-state index in [0.29, 0.717) is 5.02 Å². The Morgan fingerprint density at radius 3 is 2.50 bits per heavy atom. The van der Waals surface area contributed by atoms with Gasteiger partial charge >= 0.3 is 0 Å². The monoisotopic (exact) mass is 224 g/mol. The number of nitrogens with zero attached hydrogens (tertiary/aromatic N) is 2. The molecule has 0 spiro atoms.